The van der Waals surface area contributed by atoms with Crippen LogP contribution in [-0.2, 0) is 0 Å². The van der Waals surface area contributed by atoms with Crippen molar-refractivity contribution in [2.45, 2.75) is 67.2 Å². The summed E-state index contributed by atoms with van der Waals surface area (Å²) in [6.07, 6.45) is 5.78. The zero-order valence-electron chi connectivity index (χ0n) is 11.6. The van der Waals surface area contributed by atoms with Crippen molar-refractivity contribution >= 4 is 0 Å². The minimum atomic E-state index is 0.635. The van der Waals surface area contributed by atoms with Gasteiger partial charge in [-0.15, -0.1) is 0 Å². The summed E-state index contributed by atoms with van der Waals surface area (Å²) < 4.78 is 0. The van der Waals surface area contributed by atoms with E-state index in [1.54, 1.807) is 0 Å². The molecule has 15 heavy (non-hydrogen) atoms. The molecule has 0 spiro atoms. The van der Waals surface area contributed by atoms with E-state index in [0.717, 1.165) is 23.7 Å². The summed E-state index contributed by atoms with van der Waals surface area (Å²) in [7, 11) is 0. The molecule has 0 bridgehead atoms. The summed E-state index contributed by atoms with van der Waals surface area (Å²) in [6, 6.07) is 0. The molecule has 0 aromatic carbocycles. The molecule has 0 nitrogen and oxygen atoms in total. The van der Waals surface area contributed by atoms with Crippen molar-refractivity contribution in [1.82, 2.24) is 0 Å². The maximum Gasteiger partial charge on any atom is -0.0320 e. The van der Waals surface area contributed by atoms with Crippen LogP contribution in [0.3, 0.4) is 0 Å². The lowest BCUT2D eigenvalue weighted by Crippen LogP contribution is -2.31. The van der Waals surface area contributed by atoms with Gasteiger partial charge in [0.05, 0.1) is 0 Å². The Labute approximate surface area is 96.8 Å². The van der Waals surface area contributed by atoms with Crippen LogP contribution in [0.4, 0.5) is 0 Å². The molecule has 1 aliphatic rings. The van der Waals surface area contributed by atoms with Crippen molar-refractivity contribution in [3.63, 3.8) is 0 Å². The Kier molecular flexibility index (Phi) is 4.26. The van der Waals surface area contributed by atoms with E-state index in [4.69, 9.17) is 0 Å². The fourth-order valence-electron chi connectivity index (χ4n) is 3.14. The molecular formula is C15H30. The van der Waals surface area contributed by atoms with Crippen molar-refractivity contribution < 1.29 is 0 Å². The molecule has 1 rings (SSSR count). The minimum Gasteiger partial charge on any atom is -0.0625 e. The number of rotatable bonds is 3. The van der Waals surface area contributed by atoms with E-state index in [-0.39, 0.29) is 0 Å². The summed E-state index contributed by atoms with van der Waals surface area (Å²) in [5.41, 5.74) is 0.635. The van der Waals surface area contributed by atoms with Crippen molar-refractivity contribution in [3.8, 4) is 0 Å². The Morgan fingerprint density at radius 1 is 1.13 bits per heavy atom. The topological polar surface area (TPSA) is 0 Å². The summed E-state index contributed by atoms with van der Waals surface area (Å²) >= 11 is 0. The van der Waals surface area contributed by atoms with Crippen LogP contribution in [0.5, 0.6) is 0 Å². The lowest BCUT2D eigenvalue weighted by atomic mass is 9.63. The highest BCUT2D eigenvalue weighted by Gasteiger charge is 2.35. The predicted molar refractivity (Wildman–Crippen MR) is 68.9 cm³/mol. The molecule has 0 heteroatoms. The molecule has 90 valence electrons. The van der Waals surface area contributed by atoms with E-state index in [1.807, 2.05) is 0 Å². The van der Waals surface area contributed by atoms with Gasteiger partial charge < -0.3 is 0 Å². The van der Waals surface area contributed by atoms with Crippen molar-refractivity contribution in [3.05, 3.63) is 0 Å². The van der Waals surface area contributed by atoms with Crippen LogP contribution >= 0.6 is 0 Å². The van der Waals surface area contributed by atoms with Crippen molar-refractivity contribution in [1.29, 1.82) is 0 Å². The Balaban J connectivity index is 2.52. The van der Waals surface area contributed by atoms with Gasteiger partial charge in [0.1, 0.15) is 0 Å². The highest BCUT2D eigenvalue weighted by atomic mass is 14.4. The van der Waals surface area contributed by atoms with Crippen LogP contribution in [0.2, 0.25) is 0 Å². The van der Waals surface area contributed by atoms with Crippen LogP contribution in [0.1, 0.15) is 67.2 Å². The molecule has 1 fully saturated rings. The van der Waals surface area contributed by atoms with Crippen LogP contribution in [-0.4, -0.2) is 0 Å². The summed E-state index contributed by atoms with van der Waals surface area (Å²) in [5.74, 6) is 3.61. The normalized spacial score (nSPS) is 39.4. The Hall–Kier alpha value is 0. The zero-order chi connectivity index (χ0) is 11.6. The molecule has 1 aliphatic carbocycles. The predicted octanol–water partition coefficient (Wildman–Crippen LogP) is 5.13. The van der Waals surface area contributed by atoms with Gasteiger partial charge in [-0.25, -0.2) is 0 Å². The first kappa shape index (κ1) is 13.1. The monoisotopic (exact) mass is 210 g/mol. The molecule has 1 saturated carbocycles. The van der Waals surface area contributed by atoms with Crippen molar-refractivity contribution in [2.75, 3.05) is 0 Å². The van der Waals surface area contributed by atoms with E-state index >= 15 is 0 Å². The smallest absolute Gasteiger partial charge is 0.0320 e. The lowest BCUT2D eigenvalue weighted by Gasteiger charge is -2.42. The second kappa shape index (κ2) is 4.89. The first-order chi connectivity index (χ1) is 6.84. The van der Waals surface area contributed by atoms with Crippen LogP contribution in [0, 0.1) is 29.1 Å². The fraction of sp³-hybridized carbons (Fsp3) is 1.00. The minimum absolute atomic E-state index is 0.635. The summed E-state index contributed by atoms with van der Waals surface area (Å²) in [4.78, 5) is 0. The van der Waals surface area contributed by atoms with Crippen molar-refractivity contribution in [2.24, 2.45) is 29.1 Å². The van der Waals surface area contributed by atoms with Gasteiger partial charge in [-0.3, -0.25) is 0 Å². The first-order valence-corrected chi connectivity index (χ1v) is 6.84. The third kappa shape index (κ3) is 3.50. The maximum atomic E-state index is 2.52. The fourth-order valence-corrected chi connectivity index (χ4v) is 3.14. The van der Waals surface area contributed by atoms with Gasteiger partial charge in [0.25, 0.3) is 0 Å². The molecule has 0 amide bonds. The molecule has 0 aliphatic heterocycles. The van der Waals surface area contributed by atoms with E-state index in [9.17, 15) is 0 Å². The van der Waals surface area contributed by atoms with E-state index < -0.39 is 0 Å². The Morgan fingerprint density at radius 3 is 2.20 bits per heavy atom. The maximum absolute atomic E-state index is 2.52. The summed E-state index contributed by atoms with van der Waals surface area (Å²) in [6.45, 7) is 14.6. The molecule has 0 saturated heterocycles. The van der Waals surface area contributed by atoms with Gasteiger partial charge in [-0.2, -0.15) is 0 Å². The standard InChI is InChI=1S/C15H30/c1-11(2)13(4)9-15(6)8-7-12(3)14(5)10-15/h11-14H,7-10H2,1-6H3. The highest BCUT2D eigenvalue weighted by Crippen LogP contribution is 2.46. The Bertz CT molecular complexity index is 194. The van der Waals surface area contributed by atoms with Gasteiger partial charge in [-0.05, 0) is 54.8 Å². The van der Waals surface area contributed by atoms with Gasteiger partial charge in [0.2, 0.25) is 0 Å². The van der Waals surface area contributed by atoms with E-state index in [0.29, 0.717) is 5.41 Å². The van der Waals surface area contributed by atoms with Crippen LogP contribution in [0.25, 0.3) is 0 Å². The molecule has 0 N–H and O–H groups in total. The molecule has 4 unspecified atom stereocenters. The molecular weight excluding hydrogens is 180 g/mol. The quantitative estimate of drug-likeness (QED) is 0.605. The highest BCUT2D eigenvalue weighted by molar-refractivity contribution is 4.86. The lowest BCUT2D eigenvalue weighted by molar-refractivity contribution is 0.0874. The van der Waals surface area contributed by atoms with E-state index in [2.05, 4.69) is 41.5 Å². The average Bonchev–Trinajstić information content (AvgIpc) is 2.12. The number of hydrogen-bond acceptors (Lipinski definition) is 0. The molecule has 0 aromatic rings. The number of hydrogen-bond donors (Lipinski definition) is 0. The second-order valence-corrected chi connectivity index (χ2v) is 6.93. The average molecular weight is 210 g/mol. The Morgan fingerprint density at radius 2 is 1.73 bits per heavy atom. The van der Waals surface area contributed by atoms with Crippen LogP contribution in [0.15, 0.2) is 0 Å². The second-order valence-electron chi connectivity index (χ2n) is 6.93. The van der Waals surface area contributed by atoms with Gasteiger partial charge in [-0.1, -0.05) is 41.5 Å². The summed E-state index contributed by atoms with van der Waals surface area (Å²) in [5, 5.41) is 0. The van der Waals surface area contributed by atoms with Gasteiger partial charge >= 0.3 is 0 Å². The zero-order valence-corrected chi connectivity index (χ0v) is 11.6. The third-order valence-corrected chi connectivity index (χ3v) is 4.94. The largest absolute Gasteiger partial charge is 0.0625 e. The molecule has 0 heterocycles. The SMILES string of the molecule is CC(C)C(C)CC1(C)CCC(C)C(C)C1. The van der Waals surface area contributed by atoms with Crippen LogP contribution < -0.4 is 0 Å². The molecule has 0 radical (unpaired) electrons. The van der Waals surface area contributed by atoms with E-state index in [1.165, 1.54) is 25.7 Å². The van der Waals surface area contributed by atoms with Gasteiger partial charge in [0.15, 0.2) is 0 Å². The molecule has 0 aromatic heterocycles. The first-order valence-electron chi connectivity index (χ1n) is 6.84. The van der Waals surface area contributed by atoms with Gasteiger partial charge in [0, 0.05) is 0 Å². The third-order valence-electron chi connectivity index (χ3n) is 4.94. The molecule has 4 atom stereocenters.